The zero-order chi connectivity index (χ0) is 20.8. The predicted molar refractivity (Wildman–Crippen MR) is 99.0 cm³/mol. The lowest BCUT2D eigenvalue weighted by Gasteiger charge is -2.40. The largest absolute Gasteiger partial charge is 0.368 e. The topological polar surface area (TPSA) is 69.2 Å². The molecule has 29 heavy (non-hydrogen) atoms. The second kappa shape index (κ2) is 7.34. The maximum absolute atomic E-state index is 14.5. The van der Waals surface area contributed by atoms with Crippen LogP contribution in [0, 0.1) is 30.0 Å². The summed E-state index contributed by atoms with van der Waals surface area (Å²) in [6.07, 6.45) is -0.0382. The molecule has 1 saturated carbocycles. The maximum Gasteiger partial charge on any atom is 0.251 e. The number of benzene rings is 1. The van der Waals surface area contributed by atoms with Gasteiger partial charge in [-0.1, -0.05) is 5.16 Å². The zero-order valence-corrected chi connectivity index (χ0v) is 16.3. The Kier molecular flexibility index (Phi) is 4.99. The van der Waals surface area contributed by atoms with Crippen LogP contribution in [0.3, 0.4) is 0 Å². The van der Waals surface area contributed by atoms with Crippen LogP contribution in [-0.4, -0.2) is 46.6 Å². The van der Waals surface area contributed by atoms with Gasteiger partial charge in [-0.25, -0.2) is 13.2 Å². The van der Waals surface area contributed by atoms with Gasteiger partial charge in [-0.3, -0.25) is 4.90 Å². The summed E-state index contributed by atoms with van der Waals surface area (Å²) in [6, 6.07) is 4.94. The lowest BCUT2D eigenvalue weighted by atomic mass is 10.0. The molecule has 1 saturated heterocycles. The molecule has 6 nitrogen and oxygen atoms in total. The van der Waals surface area contributed by atoms with Crippen molar-refractivity contribution in [1.82, 2.24) is 15.0 Å². The molecule has 2 atom stereocenters. The van der Waals surface area contributed by atoms with Crippen molar-refractivity contribution < 1.29 is 17.7 Å². The van der Waals surface area contributed by atoms with Gasteiger partial charge in [-0.2, -0.15) is 10.2 Å². The van der Waals surface area contributed by atoms with E-state index in [0.29, 0.717) is 49.1 Å². The first-order valence-electron chi connectivity index (χ1n) is 9.65. The van der Waals surface area contributed by atoms with E-state index in [4.69, 9.17) is 4.52 Å². The molecule has 0 amide bonds. The Morgan fingerprint density at radius 2 is 2.10 bits per heavy atom. The SMILES string of the molecule is Cc1noc(CN2CCN(c3cc(CC4CC4(F)F)cc(F)c3C#N)C[C@@H]2C)n1. The van der Waals surface area contributed by atoms with Crippen LogP contribution in [0.5, 0.6) is 0 Å². The van der Waals surface area contributed by atoms with Crippen molar-refractivity contribution in [3.05, 3.63) is 40.8 Å². The van der Waals surface area contributed by atoms with E-state index in [1.807, 2.05) is 17.9 Å². The molecular weight excluding hydrogens is 383 g/mol. The smallest absolute Gasteiger partial charge is 0.251 e. The second-order valence-corrected chi connectivity index (χ2v) is 7.95. The highest BCUT2D eigenvalue weighted by atomic mass is 19.3. The molecule has 1 aromatic heterocycles. The van der Waals surface area contributed by atoms with Crippen LogP contribution in [0.25, 0.3) is 0 Å². The zero-order valence-electron chi connectivity index (χ0n) is 16.3. The van der Waals surface area contributed by atoms with Gasteiger partial charge in [0.05, 0.1) is 12.2 Å². The van der Waals surface area contributed by atoms with E-state index in [9.17, 15) is 18.4 Å². The normalized spacial score (nSPS) is 23.8. The van der Waals surface area contributed by atoms with Gasteiger partial charge >= 0.3 is 0 Å². The minimum Gasteiger partial charge on any atom is -0.368 e. The first-order valence-corrected chi connectivity index (χ1v) is 9.65. The van der Waals surface area contributed by atoms with Crippen LogP contribution >= 0.6 is 0 Å². The molecule has 0 radical (unpaired) electrons. The molecule has 1 aliphatic heterocycles. The van der Waals surface area contributed by atoms with Crippen molar-refractivity contribution in [2.75, 3.05) is 24.5 Å². The number of nitrogens with zero attached hydrogens (tertiary/aromatic N) is 5. The fourth-order valence-corrected chi connectivity index (χ4v) is 3.93. The number of aryl methyl sites for hydroxylation is 1. The molecule has 1 unspecified atom stereocenters. The van der Waals surface area contributed by atoms with Crippen LogP contribution in [-0.2, 0) is 13.0 Å². The lowest BCUT2D eigenvalue weighted by Crippen LogP contribution is -2.51. The third kappa shape index (κ3) is 4.08. The van der Waals surface area contributed by atoms with E-state index in [0.717, 1.165) is 0 Å². The van der Waals surface area contributed by atoms with Gasteiger partial charge < -0.3 is 9.42 Å². The van der Waals surface area contributed by atoms with Crippen molar-refractivity contribution in [3.8, 4) is 6.07 Å². The van der Waals surface area contributed by atoms with Crippen LogP contribution in [0.4, 0.5) is 18.9 Å². The highest BCUT2D eigenvalue weighted by Crippen LogP contribution is 2.50. The summed E-state index contributed by atoms with van der Waals surface area (Å²) in [4.78, 5) is 8.36. The van der Waals surface area contributed by atoms with Gasteiger partial charge in [0, 0.05) is 38.0 Å². The van der Waals surface area contributed by atoms with Crippen molar-refractivity contribution in [1.29, 1.82) is 5.26 Å². The summed E-state index contributed by atoms with van der Waals surface area (Å²) in [5.41, 5.74) is 0.950. The van der Waals surface area contributed by atoms with Gasteiger partial charge in [0.25, 0.3) is 5.92 Å². The van der Waals surface area contributed by atoms with Gasteiger partial charge in [0.2, 0.25) is 5.89 Å². The van der Waals surface area contributed by atoms with Crippen LogP contribution in [0.15, 0.2) is 16.7 Å². The van der Waals surface area contributed by atoms with E-state index in [1.54, 1.807) is 13.0 Å². The summed E-state index contributed by atoms with van der Waals surface area (Å²) in [7, 11) is 0. The first kappa shape index (κ1) is 19.7. The summed E-state index contributed by atoms with van der Waals surface area (Å²) in [6.45, 7) is 6.13. The molecule has 9 heteroatoms. The number of aromatic nitrogens is 2. The molecule has 1 aromatic carbocycles. The number of rotatable bonds is 5. The highest BCUT2D eigenvalue weighted by molar-refractivity contribution is 5.62. The Morgan fingerprint density at radius 1 is 1.34 bits per heavy atom. The quantitative estimate of drug-likeness (QED) is 0.760. The highest BCUT2D eigenvalue weighted by Gasteiger charge is 2.56. The Morgan fingerprint density at radius 3 is 2.69 bits per heavy atom. The number of hydrogen-bond donors (Lipinski definition) is 0. The maximum atomic E-state index is 14.5. The molecule has 2 heterocycles. The van der Waals surface area contributed by atoms with E-state index >= 15 is 0 Å². The second-order valence-electron chi connectivity index (χ2n) is 7.95. The molecule has 0 spiro atoms. The third-order valence-corrected chi connectivity index (χ3v) is 5.69. The minimum absolute atomic E-state index is 0.0375. The van der Waals surface area contributed by atoms with Crippen molar-refractivity contribution >= 4 is 5.69 Å². The van der Waals surface area contributed by atoms with Crippen molar-refractivity contribution in [2.24, 2.45) is 5.92 Å². The van der Waals surface area contributed by atoms with Gasteiger partial charge in [0.1, 0.15) is 17.4 Å². The molecule has 0 bridgehead atoms. The summed E-state index contributed by atoms with van der Waals surface area (Å²) in [5.74, 6) is -2.92. The molecule has 154 valence electrons. The van der Waals surface area contributed by atoms with Crippen molar-refractivity contribution in [3.63, 3.8) is 0 Å². The Balaban J connectivity index is 1.50. The van der Waals surface area contributed by atoms with Crippen LogP contribution < -0.4 is 4.90 Å². The third-order valence-electron chi connectivity index (χ3n) is 5.69. The lowest BCUT2D eigenvalue weighted by molar-refractivity contribution is 0.0989. The van der Waals surface area contributed by atoms with Gasteiger partial charge in [0.15, 0.2) is 5.82 Å². The fraction of sp³-hybridized carbons (Fsp3) is 0.550. The Bertz CT molecular complexity index is 954. The Hall–Kier alpha value is -2.60. The number of piperazine rings is 1. The average Bonchev–Trinajstić information content (AvgIpc) is 3.05. The summed E-state index contributed by atoms with van der Waals surface area (Å²) < 4.78 is 46.3. The van der Waals surface area contributed by atoms with Gasteiger partial charge in [-0.15, -0.1) is 0 Å². The molecule has 2 aliphatic rings. The van der Waals surface area contributed by atoms with E-state index in [-0.39, 0.29) is 24.4 Å². The molecule has 2 fully saturated rings. The number of anilines is 1. The average molecular weight is 405 g/mol. The standard InChI is InChI=1S/C20H22F3N5O/c1-12-10-28(4-3-27(12)11-19-25-13(2)26-29-19)18-7-14(5-15-8-20(15,22)23)6-17(21)16(18)9-24/h6-7,12,15H,3-5,8,10-11H2,1-2H3/t12-,15?/m0/s1. The number of nitriles is 1. The monoisotopic (exact) mass is 405 g/mol. The number of hydrogen-bond acceptors (Lipinski definition) is 6. The molecular formula is C20H22F3N5O. The molecule has 4 rings (SSSR count). The minimum atomic E-state index is -2.65. The van der Waals surface area contributed by atoms with Crippen molar-refractivity contribution in [2.45, 2.75) is 45.2 Å². The Labute approximate surface area is 166 Å². The van der Waals surface area contributed by atoms with E-state index in [1.165, 1.54) is 6.07 Å². The van der Waals surface area contributed by atoms with Gasteiger partial charge in [-0.05, 0) is 38.0 Å². The number of halogens is 3. The van der Waals surface area contributed by atoms with E-state index in [2.05, 4.69) is 15.0 Å². The summed E-state index contributed by atoms with van der Waals surface area (Å²) in [5, 5.41) is 13.2. The van der Waals surface area contributed by atoms with Crippen LogP contribution in [0.1, 0.15) is 36.2 Å². The molecule has 0 N–H and O–H groups in total. The van der Waals surface area contributed by atoms with Crippen LogP contribution in [0.2, 0.25) is 0 Å². The molecule has 2 aromatic rings. The number of alkyl halides is 2. The summed E-state index contributed by atoms with van der Waals surface area (Å²) >= 11 is 0. The van der Waals surface area contributed by atoms with E-state index < -0.39 is 17.7 Å². The molecule has 1 aliphatic carbocycles. The fourth-order valence-electron chi connectivity index (χ4n) is 3.93. The first-order chi connectivity index (χ1) is 13.8. The predicted octanol–water partition coefficient (Wildman–Crippen LogP) is 3.30.